The van der Waals surface area contributed by atoms with Crippen molar-refractivity contribution in [1.82, 2.24) is 9.88 Å². The van der Waals surface area contributed by atoms with E-state index in [4.69, 9.17) is 9.47 Å². The molecular formula is C17H26N2O4. The van der Waals surface area contributed by atoms with Crippen molar-refractivity contribution < 1.29 is 19.4 Å². The SMILES string of the molecule is C[C@H](O)c1ccnc(OC2CCN(C(=O)OC(C)(C)C)CC2)c1. The van der Waals surface area contributed by atoms with Crippen LogP contribution in [0.1, 0.15) is 52.2 Å². The molecule has 0 radical (unpaired) electrons. The van der Waals surface area contributed by atoms with Crippen molar-refractivity contribution in [3.05, 3.63) is 23.9 Å². The average Bonchev–Trinajstić information content (AvgIpc) is 2.46. The number of pyridine rings is 1. The highest BCUT2D eigenvalue weighted by Crippen LogP contribution is 2.21. The molecule has 1 amide bonds. The van der Waals surface area contributed by atoms with E-state index in [2.05, 4.69) is 4.98 Å². The molecule has 0 unspecified atom stereocenters. The van der Waals surface area contributed by atoms with Gasteiger partial charge >= 0.3 is 6.09 Å². The van der Waals surface area contributed by atoms with Gasteiger partial charge in [0.05, 0.1) is 6.10 Å². The van der Waals surface area contributed by atoms with E-state index in [9.17, 15) is 9.90 Å². The number of likely N-dealkylation sites (tertiary alicyclic amines) is 1. The summed E-state index contributed by atoms with van der Waals surface area (Å²) >= 11 is 0. The zero-order valence-corrected chi connectivity index (χ0v) is 14.3. The molecule has 1 atom stereocenters. The Hall–Kier alpha value is -1.82. The van der Waals surface area contributed by atoms with Crippen LogP contribution in [0.4, 0.5) is 4.79 Å². The van der Waals surface area contributed by atoms with Gasteiger partial charge in [-0.1, -0.05) is 0 Å². The average molecular weight is 322 g/mol. The van der Waals surface area contributed by atoms with E-state index in [-0.39, 0.29) is 12.2 Å². The largest absolute Gasteiger partial charge is 0.474 e. The number of carbonyl (C=O) groups excluding carboxylic acids is 1. The second-order valence-electron chi connectivity index (χ2n) is 6.89. The Balaban J connectivity index is 1.85. The minimum Gasteiger partial charge on any atom is -0.474 e. The van der Waals surface area contributed by atoms with E-state index in [0.29, 0.717) is 19.0 Å². The molecule has 1 aromatic heterocycles. The first-order valence-corrected chi connectivity index (χ1v) is 8.03. The maximum absolute atomic E-state index is 12.0. The summed E-state index contributed by atoms with van der Waals surface area (Å²) in [6, 6.07) is 3.52. The highest BCUT2D eigenvalue weighted by Gasteiger charge is 2.27. The normalized spacial score (nSPS) is 17.7. The molecule has 1 saturated heterocycles. The van der Waals surface area contributed by atoms with Gasteiger partial charge in [-0.05, 0) is 39.3 Å². The second-order valence-corrected chi connectivity index (χ2v) is 6.89. The lowest BCUT2D eigenvalue weighted by atomic mass is 10.1. The van der Waals surface area contributed by atoms with Crippen LogP contribution in [-0.2, 0) is 4.74 Å². The van der Waals surface area contributed by atoms with Crippen LogP contribution in [0.15, 0.2) is 18.3 Å². The Labute approximate surface area is 137 Å². The molecular weight excluding hydrogens is 296 g/mol. The van der Waals surface area contributed by atoms with Crippen molar-refractivity contribution in [2.75, 3.05) is 13.1 Å². The summed E-state index contributed by atoms with van der Waals surface area (Å²) in [7, 11) is 0. The third kappa shape index (κ3) is 5.39. The number of aromatic nitrogens is 1. The van der Waals surface area contributed by atoms with Gasteiger partial charge in [0.2, 0.25) is 5.88 Å². The zero-order valence-electron chi connectivity index (χ0n) is 14.3. The number of aliphatic hydroxyl groups excluding tert-OH is 1. The molecule has 0 spiro atoms. The number of ether oxygens (including phenoxy) is 2. The number of hydrogen-bond donors (Lipinski definition) is 1. The summed E-state index contributed by atoms with van der Waals surface area (Å²) in [5, 5.41) is 9.60. The summed E-state index contributed by atoms with van der Waals surface area (Å²) in [6.07, 6.45) is 2.30. The first-order chi connectivity index (χ1) is 10.7. The Morgan fingerprint density at radius 3 is 2.61 bits per heavy atom. The number of nitrogens with zero attached hydrogens (tertiary/aromatic N) is 2. The Morgan fingerprint density at radius 2 is 2.04 bits per heavy atom. The highest BCUT2D eigenvalue weighted by atomic mass is 16.6. The van der Waals surface area contributed by atoms with Crippen LogP contribution in [0.5, 0.6) is 5.88 Å². The molecule has 6 heteroatoms. The monoisotopic (exact) mass is 322 g/mol. The standard InChI is InChI=1S/C17H26N2O4/c1-12(20)13-5-8-18-15(11-13)22-14-6-9-19(10-7-14)16(21)23-17(2,3)4/h5,8,11-12,14,20H,6-7,9-10H2,1-4H3/t12-/m0/s1. The summed E-state index contributed by atoms with van der Waals surface area (Å²) < 4.78 is 11.3. The zero-order chi connectivity index (χ0) is 17.0. The van der Waals surface area contributed by atoms with E-state index in [1.54, 1.807) is 30.2 Å². The van der Waals surface area contributed by atoms with Crippen LogP contribution in [0.25, 0.3) is 0 Å². The fourth-order valence-corrected chi connectivity index (χ4v) is 2.40. The molecule has 0 bridgehead atoms. The van der Waals surface area contributed by atoms with E-state index in [1.807, 2.05) is 20.8 Å². The number of rotatable bonds is 3. The highest BCUT2D eigenvalue weighted by molar-refractivity contribution is 5.68. The maximum atomic E-state index is 12.0. The predicted octanol–water partition coefficient (Wildman–Crippen LogP) is 2.91. The number of amides is 1. The maximum Gasteiger partial charge on any atom is 0.410 e. The van der Waals surface area contributed by atoms with Crippen molar-refractivity contribution >= 4 is 6.09 Å². The minimum atomic E-state index is -0.547. The molecule has 1 aliphatic heterocycles. The molecule has 6 nitrogen and oxygen atoms in total. The Bertz CT molecular complexity index is 532. The lowest BCUT2D eigenvalue weighted by Crippen LogP contribution is -2.44. The van der Waals surface area contributed by atoms with E-state index < -0.39 is 11.7 Å². The third-order valence-electron chi connectivity index (χ3n) is 3.62. The molecule has 0 aliphatic carbocycles. The lowest BCUT2D eigenvalue weighted by Gasteiger charge is -2.33. The van der Waals surface area contributed by atoms with E-state index in [0.717, 1.165) is 18.4 Å². The molecule has 1 fully saturated rings. The number of hydrogen-bond acceptors (Lipinski definition) is 5. The smallest absolute Gasteiger partial charge is 0.410 e. The fraction of sp³-hybridized carbons (Fsp3) is 0.647. The lowest BCUT2D eigenvalue weighted by molar-refractivity contribution is 0.0122. The van der Waals surface area contributed by atoms with Gasteiger partial charge in [-0.25, -0.2) is 9.78 Å². The molecule has 1 aromatic rings. The number of carbonyl (C=O) groups is 1. The first-order valence-electron chi connectivity index (χ1n) is 8.03. The Kier molecular flexibility index (Phi) is 5.46. The first kappa shape index (κ1) is 17.5. The van der Waals surface area contributed by atoms with Crippen LogP contribution < -0.4 is 4.74 Å². The minimum absolute atomic E-state index is 0.0189. The van der Waals surface area contributed by atoms with Gasteiger partial charge in [-0.2, -0.15) is 0 Å². The second kappa shape index (κ2) is 7.17. The van der Waals surface area contributed by atoms with Crippen molar-refractivity contribution in [3.63, 3.8) is 0 Å². The molecule has 128 valence electrons. The molecule has 1 aliphatic rings. The van der Waals surface area contributed by atoms with E-state index in [1.165, 1.54) is 0 Å². The topological polar surface area (TPSA) is 71.9 Å². The molecule has 23 heavy (non-hydrogen) atoms. The summed E-state index contributed by atoms with van der Waals surface area (Å²) in [5.41, 5.74) is 0.302. The predicted molar refractivity (Wildman–Crippen MR) is 86.3 cm³/mol. The van der Waals surface area contributed by atoms with Crippen LogP contribution in [0.2, 0.25) is 0 Å². The molecule has 2 rings (SSSR count). The van der Waals surface area contributed by atoms with E-state index >= 15 is 0 Å². The van der Waals surface area contributed by atoms with Gasteiger partial charge in [0.1, 0.15) is 11.7 Å². The molecule has 2 heterocycles. The van der Waals surface area contributed by atoms with Gasteiger partial charge in [-0.3, -0.25) is 0 Å². The Morgan fingerprint density at radius 1 is 1.39 bits per heavy atom. The van der Waals surface area contributed by atoms with Crippen LogP contribution in [-0.4, -0.2) is 45.9 Å². The molecule has 1 N–H and O–H groups in total. The molecule has 0 saturated carbocycles. The number of aliphatic hydroxyl groups is 1. The van der Waals surface area contributed by atoms with Crippen LogP contribution in [0, 0.1) is 0 Å². The van der Waals surface area contributed by atoms with Crippen molar-refractivity contribution in [3.8, 4) is 5.88 Å². The summed E-state index contributed by atoms with van der Waals surface area (Å²) in [4.78, 5) is 17.9. The van der Waals surface area contributed by atoms with Gasteiger partial charge in [-0.15, -0.1) is 0 Å². The van der Waals surface area contributed by atoms with Gasteiger partial charge in [0.15, 0.2) is 0 Å². The fourth-order valence-electron chi connectivity index (χ4n) is 2.40. The van der Waals surface area contributed by atoms with Gasteiger partial charge in [0, 0.05) is 38.2 Å². The third-order valence-corrected chi connectivity index (χ3v) is 3.62. The van der Waals surface area contributed by atoms with Crippen molar-refractivity contribution in [2.45, 2.75) is 58.3 Å². The van der Waals surface area contributed by atoms with Crippen LogP contribution >= 0.6 is 0 Å². The van der Waals surface area contributed by atoms with Crippen molar-refractivity contribution in [1.29, 1.82) is 0 Å². The summed E-state index contributed by atoms with van der Waals surface area (Å²) in [5.74, 6) is 0.513. The van der Waals surface area contributed by atoms with Crippen molar-refractivity contribution in [2.24, 2.45) is 0 Å². The van der Waals surface area contributed by atoms with Gasteiger partial charge < -0.3 is 19.5 Å². The van der Waals surface area contributed by atoms with Crippen LogP contribution in [0.3, 0.4) is 0 Å². The molecule has 0 aromatic carbocycles. The number of piperidine rings is 1. The van der Waals surface area contributed by atoms with Gasteiger partial charge in [0.25, 0.3) is 0 Å². The summed E-state index contributed by atoms with van der Waals surface area (Å²) in [6.45, 7) is 8.51. The quantitative estimate of drug-likeness (QED) is 0.926.